The van der Waals surface area contributed by atoms with E-state index in [1.807, 2.05) is 59.9 Å². The lowest BCUT2D eigenvalue weighted by molar-refractivity contribution is 1.04. The molecular formula is C25H20N6. The zero-order chi connectivity index (χ0) is 21.4. The Morgan fingerprint density at radius 3 is 2.84 bits per heavy atom. The fourth-order valence-electron chi connectivity index (χ4n) is 4.08. The summed E-state index contributed by atoms with van der Waals surface area (Å²) in [7, 11) is 0. The molecule has 150 valence electrons. The van der Waals surface area contributed by atoms with Crippen LogP contribution in [0.25, 0.3) is 27.6 Å². The molecule has 0 aliphatic rings. The second kappa shape index (κ2) is 7.54. The van der Waals surface area contributed by atoms with Crippen molar-refractivity contribution >= 4 is 39.6 Å². The van der Waals surface area contributed by atoms with Crippen LogP contribution in [0.3, 0.4) is 0 Å². The second-order valence-electron chi connectivity index (χ2n) is 7.38. The van der Waals surface area contributed by atoms with E-state index in [0.717, 1.165) is 50.9 Å². The number of hydrogen-bond donors (Lipinski definition) is 1. The van der Waals surface area contributed by atoms with Gasteiger partial charge in [0.15, 0.2) is 5.65 Å². The molecule has 3 aromatic heterocycles. The van der Waals surface area contributed by atoms with E-state index in [2.05, 4.69) is 34.6 Å². The molecule has 5 aromatic rings. The second-order valence-corrected chi connectivity index (χ2v) is 7.38. The summed E-state index contributed by atoms with van der Waals surface area (Å²) >= 11 is 0. The summed E-state index contributed by atoms with van der Waals surface area (Å²) in [4.78, 5) is 9.08. The minimum atomic E-state index is 0.601. The molecule has 0 saturated heterocycles. The molecule has 5 rings (SSSR count). The predicted octanol–water partition coefficient (Wildman–Crippen LogP) is 5.22. The molecule has 0 saturated carbocycles. The van der Waals surface area contributed by atoms with Gasteiger partial charge >= 0.3 is 0 Å². The van der Waals surface area contributed by atoms with E-state index in [1.54, 1.807) is 12.4 Å². The molecule has 0 fully saturated rings. The Kier molecular flexibility index (Phi) is 4.57. The SMILES string of the molecule is CCc1c(C)c(C#N)c2nc3ccccc3n2c1N/N=C\c1ccc2ncccc2c1. The Hall–Kier alpha value is -4.24. The van der Waals surface area contributed by atoms with Crippen molar-refractivity contribution in [2.24, 2.45) is 5.10 Å². The van der Waals surface area contributed by atoms with E-state index >= 15 is 0 Å². The molecule has 1 N–H and O–H groups in total. The van der Waals surface area contributed by atoms with Crippen molar-refractivity contribution in [3.63, 3.8) is 0 Å². The molecule has 0 atom stereocenters. The van der Waals surface area contributed by atoms with Gasteiger partial charge in [0.05, 0.1) is 28.3 Å². The van der Waals surface area contributed by atoms with Crippen LogP contribution in [0.5, 0.6) is 0 Å². The molecule has 0 amide bonds. The number of nitriles is 1. The third-order valence-electron chi connectivity index (χ3n) is 5.60. The van der Waals surface area contributed by atoms with E-state index in [1.165, 1.54) is 0 Å². The van der Waals surface area contributed by atoms with E-state index in [4.69, 9.17) is 4.98 Å². The van der Waals surface area contributed by atoms with Crippen molar-refractivity contribution in [3.8, 4) is 6.07 Å². The molecule has 0 unspecified atom stereocenters. The maximum absolute atomic E-state index is 9.81. The molecule has 0 radical (unpaired) electrons. The molecule has 6 heteroatoms. The highest BCUT2D eigenvalue weighted by molar-refractivity contribution is 5.89. The quantitative estimate of drug-likeness (QED) is 0.329. The van der Waals surface area contributed by atoms with Gasteiger partial charge in [-0.2, -0.15) is 10.4 Å². The topological polar surface area (TPSA) is 78.4 Å². The largest absolute Gasteiger partial charge is 0.276 e. The molecule has 6 nitrogen and oxygen atoms in total. The number of para-hydroxylation sites is 2. The number of fused-ring (bicyclic) bond motifs is 4. The molecule has 0 aliphatic heterocycles. The van der Waals surface area contributed by atoms with Gasteiger partial charge in [0.1, 0.15) is 11.9 Å². The van der Waals surface area contributed by atoms with Crippen molar-refractivity contribution in [1.82, 2.24) is 14.4 Å². The number of rotatable bonds is 4. The van der Waals surface area contributed by atoms with Crippen molar-refractivity contribution in [1.29, 1.82) is 5.26 Å². The van der Waals surface area contributed by atoms with Crippen LogP contribution in [0.15, 0.2) is 65.9 Å². The summed E-state index contributed by atoms with van der Waals surface area (Å²) in [5, 5.41) is 15.4. The smallest absolute Gasteiger partial charge is 0.157 e. The summed E-state index contributed by atoms with van der Waals surface area (Å²) < 4.78 is 2.00. The van der Waals surface area contributed by atoms with Crippen molar-refractivity contribution in [2.75, 3.05) is 5.43 Å². The number of hydrogen-bond acceptors (Lipinski definition) is 5. The van der Waals surface area contributed by atoms with Crippen LogP contribution in [-0.2, 0) is 6.42 Å². The number of nitrogens with one attached hydrogen (secondary N) is 1. The first-order chi connectivity index (χ1) is 15.2. The minimum absolute atomic E-state index is 0.601. The van der Waals surface area contributed by atoms with E-state index in [0.29, 0.717) is 11.2 Å². The van der Waals surface area contributed by atoms with E-state index in [-0.39, 0.29) is 0 Å². The molecule has 0 aliphatic carbocycles. The number of hydrazone groups is 1. The number of nitrogens with zero attached hydrogens (tertiary/aromatic N) is 5. The van der Waals surface area contributed by atoms with Crippen LogP contribution in [0.2, 0.25) is 0 Å². The van der Waals surface area contributed by atoms with Gasteiger partial charge in [0.25, 0.3) is 0 Å². The summed E-state index contributed by atoms with van der Waals surface area (Å²) in [6.45, 7) is 4.06. The average molecular weight is 404 g/mol. The first kappa shape index (κ1) is 18.8. The first-order valence-electron chi connectivity index (χ1n) is 10.2. The number of imidazole rings is 1. The van der Waals surface area contributed by atoms with Crippen molar-refractivity contribution in [2.45, 2.75) is 20.3 Å². The first-order valence-corrected chi connectivity index (χ1v) is 10.2. The van der Waals surface area contributed by atoms with Gasteiger partial charge in [-0.1, -0.05) is 31.2 Å². The van der Waals surface area contributed by atoms with Gasteiger partial charge in [-0.15, -0.1) is 0 Å². The number of benzene rings is 2. The molecule has 0 bridgehead atoms. The highest BCUT2D eigenvalue weighted by atomic mass is 15.3. The number of pyridine rings is 2. The third kappa shape index (κ3) is 3.08. The van der Waals surface area contributed by atoms with E-state index in [9.17, 15) is 5.26 Å². The maximum Gasteiger partial charge on any atom is 0.157 e. The fourth-order valence-corrected chi connectivity index (χ4v) is 4.08. The molecule has 3 heterocycles. The maximum atomic E-state index is 9.81. The lowest BCUT2D eigenvalue weighted by Gasteiger charge is -2.15. The third-order valence-corrected chi connectivity index (χ3v) is 5.60. The predicted molar refractivity (Wildman–Crippen MR) is 124 cm³/mol. The number of aromatic nitrogens is 3. The zero-order valence-corrected chi connectivity index (χ0v) is 17.3. The summed E-state index contributed by atoms with van der Waals surface area (Å²) in [6, 6.07) is 20.2. The lowest BCUT2D eigenvalue weighted by atomic mass is 10.0. The minimum Gasteiger partial charge on any atom is -0.276 e. The van der Waals surface area contributed by atoms with Crippen LogP contribution < -0.4 is 5.43 Å². The van der Waals surface area contributed by atoms with Gasteiger partial charge in [-0.3, -0.25) is 14.8 Å². The molecule has 31 heavy (non-hydrogen) atoms. The van der Waals surface area contributed by atoms with Crippen LogP contribution >= 0.6 is 0 Å². The lowest BCUT2D eigenvalue weighted by Crippen LogP contribution is -2.07. The van der Waals surface area contributed by atoms with Crippen molar-refractivity contribution in [3.05, 3.63) is 83.0 Å². The monoisotopic (exact) mass is 404 g/mol. The van der Waals surface area contributed by atoms with Crippen LogP contribution in [0, 0.1) is 18.3 Å². The Balaban J connectivity index is 1.64. The van der Waals surface area contributed by atoms with Crippen LogP contribution in [0.1, 0.15) is 29.2 Å². The fraction of sp³-hybridized carbons (Fsp3) is 0.120. The Morgan fingerprint density at radius 1 is 1.13 bits per heavy atom. The van der Waals surface area contributed by atoms with Gasteiger partial charge < -0.3 is 0 Å². The molecular weight excluding hydrogens is 384 g/mol. The zero-order valence-electron chi connectivity index (χ0n) is 17.3. The van der Waals surface area contributed by atoms with Gasteiger partial charge in [-0.05, 0) is 60.4 Å². The number of anilines is 1. The van der Waals surface area contributed by atoms with Crippen molar-refractivity contribution < 1.29 is 0 Å². The van der Waals surface area contributed by atoms with Gasteiger partial charge in [0, 0.05) is 11.6 Å². The highest BCUT2D eigenvalue weighted by Crippen LogP contribution is 2.31. The molecule has 2 aromatic carbocycles. The van der Waals surface area contributed by atoms with Crippen LogP contribution in [-0.4, -0.2) is 20.6 Å². The Labute approximate surface area is 179 Å². The Bertz CT molecular complexity index is 1520. The highest BCUT2D eigenvalue weighted by Gasteiger charge is 2.19. The standard InChI is InChI=1S/C25H20N6/c1-3-19-16(2)20(14-26)24-29-22-8-4-5-9-23(22)31(24)25(19)30-28-15-17-10-11-21-18(13-17)7-6-12-27-21/h4-13,15,30H,3H2,1-2H3/b28-15-. The van der Waals surface area contributed by atoms with E-state index < -0.39 is 0 Å². The molecule has 0 spiro atoms. The normalized spacial score (nSPS) is 11.5. The summed E-state index contributed by atoms with van der Waals surface area (Å²) in [5.74, 6) is 0.835. The van der Waals surface area contributed by atoms with Gasteiger partial charge in [0.2, 0.25) is 0 Å². The summed E-state index contributed by atoms with van der Waals surface area (Å²) in [5.41, 5.74) is 10.2. The van der Waals surface area contributed by atoms with Gasteiger partial charge in [-0.25, -0.2) is 4.98 Å². The van der Waals surface area contributed by atoms with Crippen LogP contribution in [0.4, 0.5) is 5.82 Å². The Morgan fingerprint density at radius 2 is 2.00 bits per heavy atom. The summed E-state index contributed by atoms with van der Waals surface area (Å²) in [6.07, 6.45) is 4.35. The average Bonchev–Trinajstić information content (AvgIpc) is 3.18.